The van der Waals surface area contributed by atoms with Crippen molar-refractivity contribution in [2.45, 2.75) is 46.8 Å². The van der Waals surface area contributed by atoms with E-state index in [4.69, 9.17) is 9.47 Å². The van der Waals surface area contributed by atoms with Crippen LogP contribution >= 0.6 is 0 Å². The summed E-state index contributed by atoms with van der Waals surface area (Å²) >= 11 is 0. The van der Waals surface area contributed by atoms with E-state index >= 15 is 0 Å². The molecule has 0 aliphatic carbocycles. The third kappa shape index (κ3) is 3.48. The second-order valence-electron chi connectivity index (χ2n) is 6.16. The van der Waals surface area contributed by atoms with Gasteiger partial charge in [0.15, 0.2) is 0 Å². The Bertz CT molecular complexity index is 432. The highest BCUT2D eigenvalue weighted by Crippen LogP contribution is 2.38. The number of aliphatic hydroxyl groups is 1. The molecule has 0 amide bonds. The molecule has 0 aliphatic heterocycles. The molecular weight excluding hydrogens is 240 g/mol. The number of aliphatic hydroxyl groups excluding tert-OH is 1. The molecule has 0 aromatic heterocycles. The highest BCUT2D eigenvalue weighted by molar-refractivity contribution is 5.45. The van der Waals surface area contributed by atoms with Gasteiger partial charge in [-0.3, -0.25) is 0 Å². The first-order valence-electron chi connectivity index (χ1n) is 6.58. The summed E-state index contributed by atoms with van der Waals surface area (Å²) in [6.45, 7) is 10.2. The smallest absolute Gasteiger partial charge is 0.125 e. The van der Waals surface area contributed by atoms with Gasteiger partial charge in [-0.15, -0.1) is 0 Å². The molecule has 0 saturated heterocycles. The molecule has 108 valence electrons. The summed E-state index contributed by atoms with van der Waals surface area (Å²) in [6, 6.07) is 4.00. The van der Waals surface area contributed by atoms with Gasteiger partial charge in [0.05, 0.1) is 13.2 Å². The molecule has 0 heterocycles. The van der Waals surface area contributed by atoms with Crippen molar-refractivity contribution in [3.63, 3.8) is 0 Å². The van der Waals surface area contributed by atoms with Crippen molar-refractivity contribution in [2.24, 2.45) is 5.41 Å². The number of benzene rings is 1. The van der Waals surface area contributed by atoms with Crippen LogP contribution in [0.3, 0.4) is 0 Å². The van der Waals surface area contributed by atoms with E-state index < -0.39 is 6.10 Å². The maximum absolute atomic E-state index is 10.7. The Morgan fingerprint density at radius 1 is 1.11 bits per heavy atom. The average molecular weight is 266 g/mol. The third-order valence-electron chi connectivity index (χ3n) is 3.40. The summed E-state index contributed by atoms with van der Waals surface area (Å²) in [5, 5.41) is 10.7. The van der Waals surface area contributed by atoms with Crippen molar-refractivity contribution in [3.05, 3.63) is 28.8 Å². The van der Waals surface area contributed by atoms with Crippen LogP contribution in [0.25, 0.3) is 0 Å². The third-order valence-corrected chi connectivity index (χ3v) is 3.40. The summed E-state index contributed by atoms with van der Waals surface area (Å²) < 4.78 is 10.9. The van der Waals surface area contributed by atoms with Crippen LogP contribution in [0.2, 0.25) is 0 Å². The SMILES string of the molecule is COc1cc(C)cc(C)c1C(O)C(OC)C(C)(C)C. The van der Waals surface area contributed by atoms with E-state index in [1.54, 1.807) is 14.2 Å². The molecule has 0 fully saturated rings. The predicted octanol–water partition coefficient (Wildman–Crippen LogP) is 3.41. The number of rotatable bonds is 4. The van der Waals surface area contributed by atoms with Gasteiger partial charge in [0.2, 0.25) is 0 Å². The van der Waals surface area contributed by atoms with E-state index in [9.17, 15) is 5.11 Å². The van der Waals surface area contributed by atoms with Gasteiger partial charge >= 0.3 is 0 Å². The number of aryl methyl sites for hydroxylation is 2. The molecule has 1 aromatic carbocycles. The van der Waals surface area contributed by atoms with Gasteiger partial charge in [0.25, 0.3) is 0 Å². The van der Waals surface area contributed by atoms with Crippen molar-refractivity contribution in [2.75, 3.05) is 14.2 Å². The summed E-state index contributed by atoms with van der Waals surface area (Å²) in [6.07, 6.45) is -0.997. The predicted molar refractivity (Wildman–Crippen MR) is 77.7 cm³/mol. The van der Waals surface area contributed by atoms with Crippen molar-refractivity contribution in [1.82, 2.24) is 0 Å². The molecular formula is C16H26O3. The van der Waals surface area contributed by atoms with Crippen LogP contribution in [0.4, 0.5) is 0 Å². The Hall–Kier alpha value is -1.06. The summed E-state index contributed by atoms with van der Waals surface area (Å²) in [5.41, 5.74) is 2.80. The van der Waals surface area contributed by atoms with E-state index in [-0.39, 0.29) is 11.5 Å². The Morgan fingerprint density at radius 2 is 1.68 bits per heavy atom. The fourth-order valence-corrected chi connectivity index (χ4v) is 2.60. The minimum absolute atomic E-state index is 0.156. The van der Waals surface area contributed by atoms with Gasteiger partial charge in [-0.1, -0.05) is 26.8 Å². The van der Waals surface area contributed by atoms with Crippen LogP contribution < -0.4 is 4.74 Å². The fraction of sp³-hybridized carbons (Fsp3) is 0.625. The quantitative estimate of drug-likeness (QED) is 0.907. The van der Waals surface area contributed by atoms with Crippen LogP contribution in [-0.4, -0.2) is 25.4 Å². The van der Waals surface area contributed by atoms with Crippen LogP contribution in [-0.2, 0) is 4.74 Å². The van der Waals surface area contributed by atoms with Gasteiger partial charge < -0.3 is 14.6 Å². The molecule has 0 spiro atoms. The van der Waals surface area contributed by atoms with E-state index in [1.165, 1.54) is 0 Å². The number of methoxy groups -OCH3 is 2. The van der Waals surface area contributed by atoms with Crippen LogP contribution in [0, 0.1) is 19.3 Å². The fourth-order valence-electron chi connectivity index (χ4n) is 2.60. The lowest BCUT2D eigenvalue weighted by Crippen LogP contribution is -2.34. The molecule has 2 atom stereocenters. The molecule has 0 bridgehead atoms. The molecule has 19 heavy (non-hydrogen) atoms. The molecule has 0 radical (unpaired) electrons. The van der Waals surface area contributed by atoms with Gasteiger partial charge in [-0.25, -0.2) is 0 Å². The van der Waals surface area contributed by atoms with Gasteiger partial charge in [0, 0.05) is 12.7 Å². The van der Waals surface area contributed by atoms with Crippen molar-refractivity contribution in [3.8, 4) is 5.75 Å². The summed E-state index contributed by atoms with van der Waals surface area (Å²) in [7, 11) is 3.26. The summed E-state index contributed by atoms with van der Waals surface area (Å²) in [5.74, 6) is 0.719. The molecule has 1 rings (SSSR count). The number of ether oxygens (including phenoxy) is 2. The maximum atomic E-state index is 10.7. The largest absolute Gasteiger partial charge is 0.496 e. The Labute approximate surface area is 116 Å². The van der Waals surface area contributed by atoms with E-state index in [0.29, 0.717) is 0 Å². The van der Waals surface area contributed by atoms with E-state index in [0.717, 1.165) is 22.4 Å². The first-order valence-corrected chi connectivity index (χ1v) is 6.58. The molecule has 3 heteroatoms. The Morgan fingerprint density at radius 3 is 2.11 bits per heavy atom. The topological polar surface area (TPSA) is 38.7 Å². The molecule has 0 aliphatic rings. The van der Waals surface area contributed by atoms with Gasteiger partial charge in [-0.05, 0) is 36.5 Å². The second kappa shape index (κ2) is 5.93. The van der Waals surface area contributed by atoms with Gasteiger partial charge in [0.1, 0.15) is 11.9 Å². The van der Waals surface area contributed by atoms with Crippen molar-refractivity contribution in [1.29, 1.82) is 0 Å². The van der Waals surface area contributed by atoms with Crippen molar-refractivity contribution < 1.29 is 14.6 Å². The zero-order valence-corrected chi connectivity index (χ0v) is 13.1. The maximum Gasteiger partial charge on any atom is 0.125 e. The minimum atomic E-state index is -0.708. The summed E-state index contributed by atoms with van der Waals surface area (Å²) in [4.78, 5) is 0. The van der Waals surface area contributed by atoms with Crippen LogP contribution in [0.15, 0.2) is 12.1 Å². The minimum Gasteiger partial charge on any atom is -0.496 e. The van der Waals surface area contributed by atoms with E-state index in [2.05, 4.69) is 26.8 Å². The highest BCUT2D eigenvalue weighted by atomic mass is 16.5. The monoisotopic (exact) mass is 266 g/mol. The molecule has 1 N–H and O–H groups in total. The zero-order valence-electron chi connectivity index (χ0n) is 13.1. The Balaban J connectivity index is 3.29. The lowest BCUT2D eigenvalue weighted by atomic mass is 9.82. The normalized spacial score (nSPS) is 15.2. The van der Waals surface area contributed by atoms with Crippen molar-refractivity contribution >= 4 is 0 Å². The second-order valence-corrected chi connectivity index (χ2v) is 6.16. The average Bonchev–Trinajstić information content (AvgIpc) is 2.26. The number of hydrogen-bond donors (Lipinski definition) is 1. The van der Waals surface area contributed by atoms with Crippen LogP contribution in [0.1, 0.15) is 43.6 Å². The first-order chi connectivity index (χ1) is 8.72. The first kappa shape index (κ1) is 16.0. The lowest BCUT2D eigenvalue weighted by molar-refractivity contribution is -0.0732. The number of hydrogen-bond acceptors (Lipinski definition) is 3. The molecule has 1 aromatic rings. The van der Waals surface area contributed by atoms with E-state index in [1.807, 2.05) is 19.9 Å². The molecule has 2 unspecified atom stereocenters. The standard InChI is InChI=1S/C16H26O3/c1-10-8-11(2)13(12(9-10)18-6)14(17)15(19-7)16(3,4)5/h8-9,14-15,17H,1-7H3. The lowest BCUT2D eigenvalue weighted by Gasteiger charge is -2.34. The van der Waals surface area contributed by atoms with Gasteiger partial charge in [-0.2, -0.15) is 0 Å². The molecule has 0 saturated carbocycles. The zero-order chi connectivity index (χ0) is 14.8. The van der Waals surface area contributed by atoms with Crippen LogP contribution in [0.5, 0.6) is 5.75 Å². The Kier molecular flexibility index (Phi) is 4.99. The molecule has 3 nitrogen and oxygen atoms in total. The highest BCUT2D eigenvalue weighted by Gasteiger charge is 2.34.